The van der Waals surface area contributed by atoms with Crippen LogP contribution >= 0.6 is 0 Å². The molecule has 1 amide bonds. The molecule has 1 atom stereocenters. The average molecular weight is 416 g/mol. The van der Waals surface area contributed by atoms with Crippen LogP contribution < -0.4 is 10.6 Å². The Morgan fingerprint density at radius 1 is 1.06 bits per heavy atom. The number of rotatable bonds is 5. The van der Waals surface area contributed by atoms with Crippen LogP contribution in [0.3, 0.4) is 0 Å². The van der Waals surface area contributed by atoms with Crippen molar-refractivity contribution in [1.82, 2.24) is 25.3 Å². The zero-order valence-electron chi connectivity index (χ0n) is 17.9. The predicted molar refractivity (Wildman–Crippen MR) is 122 cm³/mol. The van der Waals surface area contributed by atoms with Crippen molar-refractivity contribution in [1.29, 1.82) is 0 Å². The second-order valence-corrected chi connectivity index (χ2v) is 8.65. The molecule has 2 N–H and O–H groups in total. The van der Waals surface area contributed by atoms with Crippen molar-refractivity contribution in [3.63, 3.8) is 0 Å². The normalized spacial score (nSPS) is 19.8. The van der Waals surface area contributed by atoms with E-state index in [1.165, 1.54) is 11.1 Å². The Balaban J connectivity index is 1.25. The number of benzene rings is 2. The highest BCUT2D eigenvalue weighted by Gasteiger charge is 2.30. The van der Waals surface area contributed by atoms with Crippen molar-refractivity contribution in [2.24, 2.45) is 0 Å². The fourth-order valence-corrected chi connectivity index (χ4v) is 4.53. The van der Waals surface area contributed by atoms with Gasteiger partial charge in [-0.25, -0.2) is 4.68 Å². The molecule has 3 heterocycles. The second kappa shape index (κ2) is 8.65. The third kappa shape index (κ3) is 4.40. The van der Waals surface area contributed by atoms with Gasteiger partial charge in [0, 0.05) is 18.2 Å². The Kier molecular flexibility index (Phi) is 5.57. The van der Waals surface area contributed by atoms with Crippen LogP contribution in [0.25, 0.3) is 11.3 Å². The quantitative estimate of drug-likeness (QED) is 0.671. The van der Waals surface area contributed by atoms with E-state index >= 15 is 0 Å². The summed E-state index contributed by atoms with van der Waals surface area (Å²) < 4.78 is 1.88. The zero-order valence-corrected chi connectivity index (χ0v) is 17.9. The van der Waals surface area contributed by atoms with Gasteiger partial charge in [0.2, 0.25) is 0 Å². The van der Waals surface area contributed by atoms with Gasteiger partial charge in [0.25, 0.3) is 5.91 Å². The largest absolute Gasteiger partial charge is 0.347 e. The molecule has 5 rings (SSSR count). The van der Waals surface area contributed by atoms with Crippen LogP contribution in [0.5, 0.6) is 0 Å². The van der Waals surface area contributed by atoms with E-state index in [1.807, 2.05) is 10.7 Å². The van der Waals surface area contributed by atoms with Crippen molar-refractivity contribution in [2.75, 3.05) is 19.6 Å². The SMILES string of the molecule is Cc1ccc(-c2cc3n(n2)C(NC2CCN(Cc4ccccc4)CC2)CNC3=O)cc1. The van der Waals surface area contributed by atoms with Gasteiger partial charge < -0.3 is 5.32 Å². The lowest BCUT2D eigenvalue weighted by atomic mass is 10.0. The molecule has 31 heavy (non-hydrogen) atoms. The van der Waals surface area contributed by atoms with Gasteiger partial charge in [-0.2, -0.15) is 5.10 Å². The molecule has 0 bridgehead atoms. The number of nitrogens with zero attached hydrogens (tertiary/aromatic N) is 3. The van der Waals surface area contributed by atoms with E-state index in [9.17, 15) is 4.79 Å². The molecule has 160 valence electrons. The molecule has 3 aromatic rings. The summed E-state index contributed by atoms with van der Waals surface area (Å²) in [6, 6.07) is 21.3. The first-order valence-corrected chi connectivity index (χ1v) is 11.1. The molecule has 0 radical (unpaired) electrons. The fraction of sp³-hybridized carbons (Fsp3) is 0.360. The fourth-order valence-electron chi connectivity index (χ4n) is 4.53. The summed E-state index contributed by atoms with van der Waals surface area (Å²) in [5.41, 5.74) is 5.09. The smallest absolute Gasteiger partial charge is 0.269 e. The van der Waals surface area contributed by atoms with Crippen molar-refractivity contribution < 1.29 is 4.79 Å². The van der Waals surface area contributed by atoms with E-state index in [2.05, 4.69) is 77.1 Å². The number of hydrogen-bond donors (Lipinski definition) is 2. The van der Waals surface area contributed by atoms with Gasteiger partial charge in [0.1, 0.15) is 11.9 Å². The second-order valence-electron chi connectivity index (χ2n) is 8.65. The Morgan fingerprint density at radius 3 is 2.55 bits per heavy atom. The number of hydrogen-bond acceptors (Lipinski definition) is 4. The zero-order chi connectivity index (χ0) is 21.2. The highest BCUT2D eigenvalue weighted by molar-refractivity contribution is 5.94. The van der Waals surface area contributed by atoms with Crippen molar-refractivity contribution >= 4 is 5.91 Å². The van der Waals surface area contributed by atoms with Gasteiger partial charge in [-0.1, -0.05) is 60.2 Å². The summed E-state index contributed by atoms with van der Waals surface area (Å²) in [5.74, 6) is -0.0541. The average Bonchev–Trinajstić information content (AvgIpc) is 3.25. The van der Waals surface area contributed by atoms with Gasteiger partial charge in [0.05, 0.1) is 12.2 Å². The van der Waals surface area contributed by atoms with Crippen LogP contribution in [-0.4, -0.2) is 46.3 Å². The van der Waals surface area contributed by atoms with Crippen molar-refractivity contribution in [3.8, 4) is 11.3 Å². The number of amides is 1. The maximum Gasteiger partial charge on any atom is 0.269 e. The third-order valence-corrected chi connectivity index (χ3v) is 6.33. The molecule has 1 saturated heterocycles. The number of nitrogens with one attached hydrogen (secondary N) is 2. The summed E-state index contributed by atoms with van der Waals surface area (Å²) in [6.07, 6.45) is 2.18. The molecule has 2 aromatic carbocycles. The predicted octanol–water partition coefficient (Wildman–Crippen LogP) is 3.35. The van der Waals surface area contributed by atoms with E-state index in [4.69, 9.17) is 5.10 Å². The molecule has 0 aliphatic carbocycles. The first-order chi connectivity index (χ1) is 15.2. The van der Waals surface area contributed by atoms with Crippen LogP contribution in [0.15, 0.2) is 60.7 Å². The van der Waals surface area contributed by atoms with Gasteiger partial charge in [0.15, 0.2) is 0 Å². The first kappa shape index (κ1) is 20.0. The lowest BCUT2D eigenvalue weighted by molar-refractivity contribution is 0.0887. The van der Waals surface area contributed by atoms with Crippen LogP contribution in [0.2, 0.25) is 0 Å². The Morgan fingerprint density at radius 2 is 1.81 bits per heavy atom. The topological polar surface area (TPSA) is 62.2 Å². The van der Waals surface area contributed by atoms with Gasteiger partial charge in [-0.15, -0.1) is 0 Å². The highest BCUT2D eigenvalue weighted by Crippen LogP contribution is 2.24. The summed E-state index contributed by atoms with van der Waals surface area (Å²) in [6.45, 7) is 5.79. The molecule has 0 spiro atoms. The summed E-state index contributed by atoms with van der Waals surface area (Å²) in [5, 5.41) is 11.6. The van der Waals surface area contributed by atoms with E-state index < -0.39 is 0 Å². The number of piperidine rings is 1. The summed E-state index contributed by atoms with van der Waals surface area (Å²) >= 11 is 0. The minimum Gasteiger partial charge on any atom is -0.347 e. The number of fused-ring (bicyclic) bond motifs is 1. The van der Waals surface area contributed by atoms with E-state index in [-0.39, 0.29) is 12.1 Å². The summed E-state index contributed by atoms with van der Waals surface area (Å²) in [4.78, 5) is 15.0. The lowest BCUT2D eigenvalue weighted by Gasteiger charge is -2.36. The standard InChI is InChI=1S/C25H29N5O/c1-18-7-9-20(10-8-18)22-15-23-25(31)26-16-24(30(23)28-22)27-21-11-13-29(14-12-21)17-19-5-3-2-4-6-19/h2-10,15,21,24,27H,11-14,16-17H2,1H3,(H,26,31). The van der Waals surface area contributed by atoms with Crippen molar-refractivity contribution in [2.45, 2.75) is 38.5 Å². The third-order valence-electron chi connectivity index (χ3n) is 6.33. The van der Waals surface area contributed by atoms with Gasteiger partial charge >= 0.3 is 0 Å². The summed E-state index contributed by atoms with van der Waals surface area (Å²) in [7, 11) is 0. The number of aryl methyl sites for hydroxylation is 1. The van der Waals surface area contributed by atoms with E-state index in [0.717, 1.165) is 43.7 Å². The Labute approximate surface area is 183 Å². The number of carbonyl (C=O) groups excluding carboxylic acids is 1. The van der Waals surface area contributed by atoms with Crippen LogP contribution in [0.4, 0.5) is 0 Å². The first-order valence-electron chi connectivity index (χ1n) is 11.1. The number of aromatic nitrogens is 2. The van der Waals surface area contributed by atoms with Crippen LogP contribution in [0, 0.1) is 6.92 Å². The molecule has 1 fully saturated rings. The molecule has 1 unspecified atom stereocenters. The minimum absolute atomic E-state index is 0.0161. The van der Waals surface area contributed by atoms with Crippen LogP contribution in [0.1, 0.15) is 40.6 Å². The molecule has 2 aliphatic rings. The lowest BCUT2D eigenvalue weighted by Crippen LogP contribution is -2.50. The molecule has 1 aromatic heterocycles. The molecular formula is C25H29N5O. The van der Waals surface area contributed by atoms with E-state index in [1.54, 1.807) is 0 Å². The molecule has 0 saturated carbocycles. The van der Waals surface area contributed by atoms with Crippen molar-refractivity contribution in [3.05, 3.63) is 77.5 Å². The van der Waals surface area contributed by atoms with Gasteiger partial charge in [-0.05, 0) is 44.5 Å². The maximum atomic E-state index is 12.4. The van der Waals surface area contributed by atoms with Crippen LogP contribution in [-0.2, 0) is 6.54 Å². The minimum atomic E-state index is -0.0541. The monoisotopic (exact) mass is 415 g/mol. The number of carbonyl (C=O) groups is 1. The molecular weight excluding hydrogens is 386 g/mol. The van der Waals surface area contributed by atoms with E-state index in [0.29, 0.717) is 18.3 Å². The van der Waals surface area contributed by atoms with Gasteiger partial charge in [-0.3, -0.25) is 15.0 Å². The molecule has 6 heteroatoms. The molecule has 2 aliphatic heterocycles. The highest BCUT2D eigenvalue weighted by atomic mass is 16.2. The Hall–Kier alpha value is -2.96. The number of likely N-dealkylation sites (tertiary alicyclic amines) is 1. The maximum absolute atomic E-state index is 12.4. The molecule has 6 nitrogen and oxygen atoms in total. The Bertz CT molecular complexity index is 1040.